The Balaban J connectivity index is 2.31. The van der Waals surface area contributed by atoms with Gasteiger partial charge in [-0.1, -0.05) is 6.07 Å². The van der Waals surface area contributed by atoms with Crippen LogP contribution in [0.1, 0.15) is 12.0 Å². The monoisotopic (exact) mass is 213 g/mol. The lowest BCUT2D eigenvalue weighted by Gasteiger charge is -2.06. The van der Waals surface area contributed by atoms with E-state index in [1.54, 1.807) is 13.2 Å². The minimum absolute atomic E-state index is 0.323. The Morgan fingerprint density at radius 1 is 1.33 bits per heavy atom. The highest BCUT2D eigenvalue weighted by molar-refractivity contribution is 5.46. The highest BCUT2D eigenvalue weighted by atomic mass is 19.1. The Morgan fingerprint density at radius 3 is 2.80 bits per heavy atom. The number of nitrogen functional groups attached to an aromatic ring is 1. The Kier molecular flexibility index (Phi) is 5.07. The highest BCUT2D eigenvalue weighted by Gasteiger charge is 2.00. The maximum atomic E-state index is 12.7. The summed E-state index contributed by atoms with van der Waals surface area (Å²) in [6.45, 7) is 1.71. The molecule has 4 heteroatoms. The molecular formula is C11H16FNO2. The number of anilines is 1. The van der Waals surface area contributed by atoms with Crippen molar-refractivity contribution in [1.29, 1.82) is 0 Å². The van der Waals surface area contributed by atoms with E-state index in [1.165, 1.54) is 12.1 Å². The van der Waals surface area contributed by atoms with Crippen molar-refractivity contribution in [3.63, 3.8) is 0 Å². The van der Waals surface area contributed by atoms with Crippen LogP contribution in [0.25, 0.3) is 0 Å². The van der Waals surface area contributed by atoms with Crippen molar-refractivity contribution >= 4 is 5.69 Å². The summed E-state index contributed by atoms with van der Waals surface area (Å²) in [5, 5.41) is 0. The Hall–Kier alpha value is -1.13. The summed E-state index contributed by atoms with van der Waals surface area (Å²) in [6.07, 6.45) is 0.845. The van der Waals surface area contributed by atoms with Gasteiger partial charge in [-0.2, -0.15) is 0 Å². The molecule has 1 aromatic carbocycles. The summed E-state index contributed by atoms with van der Waals surface area (Å²) in [5.41, 5.74) is 6.86. The van der Waals surface area contributed by atoms with Crippen LogP contribution in [0.15, 0.2) is 18.2 Å². The van der Waals surface area contributed by atoms with Gasteiger partial charge < -0.3 is 15.2 Å². The van der Waals surface area contributed by atoms with Gasteiger partial charge in [-0.05, 0) is 18.6 Å². The number of ether oxygens (including phenoxy) is 2. The lowest BCUT2D eigenvalue weighted by Crippen LogP contribution is -2.02. The van der Waals surface area contributed by atoms with Crippen LogP contribution in [-0.2, 0) is 16.1 Å². The maximum absolute atomic E-state index is 12.7. The molecule has 15 heavy (non-hydrogen) atoms. The van der Waals surface area contributed by atoms with Gasteiger partial charge in [-0.25, -0.2) is 4.39 Å². The molecule has 0 amide bonds. The first-order valence-corrected chi connectivity index (χ1v) is 4.84. The molecule has 0 aliphatic rings. The standard InChI is InChI=1S/C11H16FNO2/c1-14-5-2-6-15-8-9-3-4-10(12)7-11(9)13/h3-4,7H,2,5-6,8,13H2,1H3. The van der Waals surface area contributed by atoms with E-state index in [0.717, 1.165) is 12.0 Å². The molecule has 3 nitrogen and oxygen atoms in total. The number of methoxy groups -OCH3 is 1. The van der Waals surface area contributed by atoms with Crippen LogP contribution in [0.5, 0.6) is 0 Å². The molecule has 0 saturated heterocycles. The summed E-state index contributed by atoms with van der Waals surface area (Å²) in [7, 11) is 1.65. The Labute approximate surface area is 89.0 Å². The van der Waals surface area contributed by atoms with Gasteiger partial charge in [0.25, 0.3) is 0 Å². The van der Waals surface area contributed by atoms with E-state index in [1.807, 2.05) is 0 Å². The lowest BCUT2D eigenvalue weighted by molar-refractivity contribution is 0.0931. The van der Waals surface area contributed by atoms with Crippen molar-refractivity contribution in [2.45, 2.75) is 13.0 Å². The minimum atomic E-state index is -0.323. The fourth-order valence-corrected chi connectivity index (χ4v) is 1.18. The summed E-state index contributed by atoms with van der Waals surface area (Å²) in [6, 6.07) is 4.32. The molecular weight excluding hydrogens is 197 g/mol. The van der Waals surface area contributed by atoms with E-state index < -0.39 is 0 Å². The van der Waals surface area contributed by atoms with E-state index >= 15 is 0 Å². The van der Waals surface area contributed by atoms with Gasteiger partial charge in [0.05, 0.1) is 6.61 Å². The second-order valence-electron chi connectivity index (χ2n) is 3.24. The van der Waals surface area contributed by atoms with Crippen LogP contribution in [-0.4, -0.2) is 20.3 Å². The molecule has 0 radical (unpaired) electrons. The molecule has 1 rings (SSSR count). The first kappa shape index (κ1) is 11.9. The average molecular weight is 213 g/mol. The van der Waals surface area contributed by atoms with E-state index in [2.05, 4.69) is 0 Å². The van der Waals surface area contributed by atoms with Crippen molar-refractivity contribution in [3.8, 4) is 0 Å². The third-order valence-corrected chi connectivity index (χ3v) is 2.00. The Bertz CT molecular complexity index is 305. The zero-order valence-corrected chi connectivity index (χ0v) is 8.83. The van der Waals surface area contributed by atoms with E-state index in [9.17, 15) is 4.39 Å². The molecule has 0 spiro atoms. The number of nitrogens with two attached hydrogens (primary N) is 1. The van der Waals surface area contributed by atoms with Crippen LogP contribution >= 0.6 is 0 Å². The molecule has 0 atom stereocenters. The van der Waals surface area contributed by atoms with Crippen molar-refractivity contribution in [1.82, 2.24) is 0 Å². The van der Waals surface area contributed by atoms with E-state index in [-0.39, 0.29) is 5.82 Å². The smallest absolute Gasteiger partial charge is 0.125 e. The normalized spacial score (nSPS) is 10.5. The van der Waals surface area contributed by atoms with Crippen LogP contribution in [0.3, 0.4) is 0 Å². The van der Waals surface area contributed by atoms with Crippen molar-refractivity contribution in [2.75, 3.05) is 26.1 Å². The number of rotatable bonds is 6. The Morgan fingerprint density at radius 2 is 2.13 bits per heavy atom. The first-order valence-electron chi connectivity index (χ1n) is 4.84. The summed E-state index contributed by atoms with van der Waals surface area (Å²) in [5.74, 6) is -0.323. The molecule has 0 bridgehead atoms. The lowest BCUT2D eigenvalue weighted by atomic mass is 10.2. The van der Waals surface area contributed by atoms with E-state index in [4.69, 9.17) is 15.2 Å². The van der Waals surface area contributed by atoms with Gasteiger partial charge in [-0.15, -0.1) is 0 Å². The second kappa shape index (κ2) is 6.37. The number of halogens is 1. The highest BCUT2D eigenvalue weighted by Crippen LogP contribution is 2.14. The third-order valence-electron chi connectivity index (χ3n) is 2.00. The molecule has 2 N–H and O–H groups in total. The minimum Gasteiger partial charge on any atom is -0.398 e. The summed E-state index contributed by atoms with van der Waals surface area (Å²) >= 11 is 0. The maximum Gasteiger partial charge on any atom is 0.125 e. The van der Waals surface area contributed by atoms with Crippen molar-refractivity contribution in [2.24, 2.45) is 0 Å². The molecule has 0 fully saturated rings. The SMILES string of the molecule is COCCCOCc1ccc(F)cc1N. The van der Waals surface area contributed by atoms with Crippen molar-refractivity contribution in [3.05, 3.63) is 29.6 Å². The van der Waals surface area contributed by atoms with Crippen LogP contribution in [0, 0.1) is 5.82 Å². The summed E-state index contributed by atoms with van der Waals surface area (Å²) in [4.78, 5) is 0. The van der Waals surface area contributed by atoms with Gasteiger partial charge in [-0.3, -0.25) is 0 Å². The van der Waals surface area contributed by atoms with Gasteiger partial charge >= 0.3 is 0 Å². The largest absolute Gasteiger partial charge is 0.398 e. The van der Waals surface area contributed by atoms with Gasteiger partial charge in [0.2, 0.25) is 0 Å². The zero-order valence-electron chi connectivity index (χ0n) is 8.83. The quantitative estimate of drug-likeness (QED) is 0.580. The number of hydrogen-bond donors (Lipinski definition) is 1. The van der Waals surface area contributed by atoms with Gasteiger partial charge in [0.1, 0.15) is 5.82 Å². The van der Waals surface area contributed by atoms with Gasteiger partial charge in [0.15, 0.2) is 0 Å². The molecule has 0 aliphatic heterocycles. The van der Waals surface area contributed by atoms with E-state index in [0.29, 0.717) is 25.5 Å². The topological polar surface area (TPSA) is 44.5 Å². The number of benzene rings is 1. The fourth-order valence-electron chi connectivity index (χ4n) is 1.18. The number of hydrogen-bond acceptors (Lipinski definition) is 3. The second-order valence-corrected chi connectivity index (χ2v) is 3.24. The summed E-state index contributed by atoms with van der Waals surface area (Å²) < 4.78 is 22.9. The molecule has 0 saturated carbocycles. The third kappa shape index (κ3) is 4.27. The molecule has 0 aliphatic carbocycles. The first-order chi connectivity index (χ1) is 7.24. The van der Waals surface area contributed by atoms with Gasteiger partial charge in [0, 0.05) is 31.6 Å². The average Bonchev–Trinajstić information content (AvgIpc) is 2.20. The molecule has 0 unspecified atom stereocenters. The van der Waals surface area contributed by atoms with Crippen LogP contribution in [0.4, 0.5) is 10.1 Å². The van der Waals surface area contributed by atoms with Crippen LogP contribution in [0.2, 0.25) is 0 Å². The molecule has 84 valence electrons. The van der Waals surface area contributed by atoms with Crippen LogP contribution < -0.4 is 5.73 Å². The predicted molar refractivity (Wildman–Crippen MR) is 57.0 cm³/mol. The molecule has 0 heterocycles. The molecule has 1 aromatic rings. The predicted octanol–water partition coefficient (Wildman–Crippen LogP) is 1.96. The fraction of sp³-hybridized carbons (Fsp3) is 0.455. The molecule has 0 aromatic heterocycles. The zero-order chi connectivity index (χ0) is 11.1. The van der Waals surface area contributed by atoms with Crippen molar-refractivity contribution < 1.29 is 13.9 Å².